The highest BCUT2D eigenvalue weighted by Crippen LogP contribution is 2.29. The van der Waals surface area contributed by atoms with Gasteiger partial charge in [-0.15, -0.1) is 0 Å². The van der Waals surface area contributed by atoms with E-state index in [0.717, 1.165) is 20.9 Å². The summed E-state index contributed by atoms with van der Waals surface area (Å²) in [5, 5.41) is 11.4. The normalized spacial score (nSPS) is 11.0. The fraction of sp³-hybridized carbons (Fsp3) is 0.0714. The van der Waals surface area contributed by atoms with Crippen LogP contribution in [0.2, 0.25) is 0 Å². The van der Waals surface area contributed by atoms with Gasteiger partial charge >= 0.3 is 0 Å². The standard InChI is InChI=1S/C14H11BrN2O/c15-13-5-6-14(12-4-2-1-3-11(12)13)17-7-10(8-18)16-9-17/h1-7,9,18H,8H2. The predicted octanol–water partition coefficient (Wildman–Crippen LogP) is 3.28. The summed E-state index contributed by atoms with van der Waals surface area (Å²) in [6.45, 7) is -0.0402. The second-order valence-corrected chi connectivity index (χ2v) is 4.90. The summed E-state index contributed by atoms with van der Waals surface area (Å²) in [5.74, 6) is 0. The fourth-order valence-electron chi connectivity index (χ4n) is 2.05. The highest BCUT2D eigenvalue weighted by Gasteiger charge is 2.06. The van der Waals surface area contributed by atoms with Crippen molar-refractivity contribution in [3.8, 4) is 5.69 Å². The van der Waals surface area contributed by atoms with Gasteiger partial charge in [-0.3, -0.25) is 0 Å². The second-order valence-electron chi connectivity index (χ2n) is 4.04. The molecule has 0 radical (unpaired) electrons. The summed E-state index contributed by atoms with van der Waals surface area (Å²) < 4.78 is 3.00. The van der Waals surface area contributed by atoms with E-state index in [9.17, 15) is 0 Å². The van der Waals surface area contributed by atoms with Crippen LogP contribution in [0.4, 0.5) is 0 Å². The average molecular weight is 303 g/mol. The van der Waals surface area contributed by atoms with Crippen LogP contribution in [0.15, 0.2) is 53.4 Å². The van der Waals surface area contributed by atoms with E-state index in [1.165, 1.54) is 0 Å². The zero-order valence-electron chi connectivity index (χ0n) is 9.55. The van der Waals surface area contributed by atoms with Crippen molar-refractivity contribution in [2.75, 3.05) is 0 Å². The monoisotopic (exact) mass is 302 g/mol. The first-order chi connectivity index (χ1) is 8.79. The van der Waals surface area contributed by atoms with Crippen LogP contribution in [0.25, 0.3) is 16.5 Å². The van der Waals surface area contributed by atoms with E-state index >= 15 is 0 Å². The van der Waals surface area contributed by atoms with Crippen LogP contribution in [0.3, 0.4) is 0 Å². The summed E-state index contributed by atoms with van der Waals surface area (Å²) in [6, 6.07) is 12.2. The van der Waals surface area contributed by atoms with Crippen molar-refractivity contribution < 1.29 is 5.11 Å². The zero-order chi connectivity index (χ0) is 12.5. The van der Waals surface area contributed by atoms with E-state index in [2.05, 4.69) is 33.0 Å². The number of hydrogen-bond donors (Lipinski definition) is 1. The molecule has 3 aromatic rings. The molecule has 1 heterocycles. The van der Waals surface area contributed by atoms with Crippen LogP contribution < -0.4 is 0 Å². The van der Waals surface area contributed by atoms with Gasteiger partial charge in [-0.2, -0.15) is 0 Å². The largest absolute Gasteiger partial charge is 0.390 e. The van der Waals surface area contributed by atoms with Gasteiger partial charge in [-0.25, -0.2) is 4.98 Å². The van der Waals surface area contributed by atoms with Gasteiger partial charge in [0.15, 0.2) is 0 Å². The number of nitrogens with zero attached hydrogens (tertiary/aromatic N) is 2. The molecule has 0 saturated carbocycles. The summed E-state index contributed by atoms with van der Waals surface area (Å²) in [6.07, 6.45) is 3.57. The average Bonchev–Trinajstić information content (AvgIpc) is 2.88. The lowest BCUT2D eigenvalue weighted by Gasteiger charge is -2.08. The molecule has 0 fully saturated rings. The molecular weight excluding hydrogens is 292 g/mol. The van der Waals surface area contributed by atoms with Crippen molar-refractivity contribution in [2.45, 2.75) is 6.61 Å². The lowest BCUT2D eigenvalue weighted by atomic mass is 10.1. The van der Waals surface area contributed by atoms with Gasteiger partial charge in [-0.05, 0) is 17.5 Å². The molecule has 18 heavy (non-hydrogen) atoms. The Bertz CT molecular complexity index is 706. The highest BCUT2D eigenvalue weighted by molar-refractivity contribution is 9.10. The molecule has 0 atom stereocenters. The Morgan fingerprint density at radius 2 is 1.89 bits per heavy atom. The Balaban J connectivity index is 2.26. The molecule has 90 valence electrons. The number of imidazole rings is 1. The molecule has 0 saturated heterocycles. The van der Waals surface area contributed by atoms with E-state index in [1.807, 2.05) is 35.0 Å². The first-order valence-corrected chi connectivity index (χ1v) is 6.40. The Morgan fingerprint density at radius 1 is 1.11 bits per heavy atom. The summed E-state index contributed by atoms with van der Waals surface area (Å²) in [4.78, 5) is 4.14. The molecule has 0 unspecified atom stereocenters. The van der Waals surface area contributed by atoms with Gasteiger partial charge < -0.3 is 9.67 Å². The van der Waals surface area contributed by atoms with Crippen molar-refractivity contribution >= 4 is 26.7 Å². The first-order valence-electron chi connectivity index (χ1n) is 5.61. The molecule has 2 aromatic carbocycles. The van der Waals surface area contributed by atoms with Crippen LogP contribution in [-0.2, 0) is 6.61 Å². The molecule has 0 amide bonds. The van der Waals surface area contributed by atoms with E-state index in [4.69, 9.17) is 5.11 Å². The Kier molecular flexibility index (Phi) is 2.89. The summed E-state index contributed by atoms with van der Waals surface area (Å²) in [5.41, 5.74) is 1.72. The van der Waals surface area contributed by atoms with Gasteiger partial charge in [0.2, 0.25) is 0 Å². The number of aliphatic hydroxyl groups excluding tert-OH is 1. The number of aliphatic hydroxyl groups is 1. The van der Waals surface area contributed by atoms with E-state index in [0.29, 0.717) is 5.69 Å². The van der Waals surface area contributed by atoms with Crippen LogP contribution in [0.5, 0.6) is 0 Å². The minimum Gasteiger partial charge on any atom is -0.390 e. The predicted molar refractivity (Wildman–Crippen MR) is 74.7 cm³/mol. The van der Waals surface area contributed by atoms with Crippen molar-refractivity contribution in [2.24, 2.45) is 0 Å². The zero-order valence-corrected chi connectivity index (χ0v) is 11.1. The quantitative estimate of drug-likeness (QED) is 0.789. The summed E-state index contributed by atoms with van der Waals surface area (Å²) >= 11 is 3.56. The minimum atomic E-state index is -0.0402. The van der Waals surface area contributed by atoms with Gasteiger partial charge in [0.05, 0.1) is 24.3 Å². The molecule has 0 bridgehead atoms. The Labute approximate surface area is 113 Å². The number of halogens is 1. The Morgan fingerprint density at radius 3 is 2.61 bits per heavy atom. The molecule has 1 aromatic heterocycles. The third-order valence-corrected chi connectivity index (χ3v) is 3.62. The molecule has 3 rings (SSSR count). The molecule has 0 spiro atoms. The van der Waals surface area contributed by atoms with Crippen LogP contribution in [0, 0.1) is 0 Å². The molecular formula is C14H11BrN2O. The summed E-state index contributed by atoms with van der Waals surface area (Å²) in [7, 11) is 0. The minimum absolute atomic E-state index is 0.0402. The molecule has 0 aliphatic heterocycles. The van der Waals surface area contributed by atoms with Crippen molar-refractivity contribution in [3.63, 3.8) is 0 Å². The molecule has 1 N–H and O–H groups in total. The maximum Gasteiger partial charge on any atom is 0.0996 e. The third kappa shape index (κ3) is 1.83. The van der Waals surface area contributed by atoms with Gasteiger partial charge in [0.25, 0.3) is 0 Å². The van der Waals surface area contributed by atoms with Crippen molar-refractivity contribution in [1.29, 1.82) is 0 Å². The second kappa shape index (κ2) is 4.55. The van der Waals surface area contributed by atoms with Crippen LogP contribution in [0.1, 0.15) is 5.69 Å². The number of aromatic nitrogens is 2. The smallest absolute Gasteiger partial charge is 0.0996 e. The lowest BCUT2D eigenvalue weighted by Crippen LogP contribution is -1.92. The maximum absolute atomic E-state index is 9.07. The third-order valence-electron chi connectivity index (χ3n) is 2.92. The lowest BCUT2D eigenvalue weighted by molar-refractivity contribution is 0.277. The van der Waals surface area contributed by atoms with Crippen LogP contribution >= 0.6 is 15.9 Å². The number of hydrogen-bond acceptors (Lipinski definition) is 2. The van der Waals surface area contributed by atoms with E-state index in [-0.39, 0.29) is 6.61 Å². The van der Waals surface area contributed by atoms with Crippen LogP contribution in [-0.4, -0.2) is 14.7 Å². The first kappa shape index (κ1) is 11.4. The molecule has 4 heteroatoms. The van der Waals surface area contributed by atoms with Gasteiger partial charge in [0, 0.05) is 16.1 Å². The number of benzene rings is 2. The van der Waals surface area contributed by atoms with Crippen molar-refractivity contribution in [1.82, 2.24) is 9.55 Å². The van der Waals surface area contributed by atoms with E-state index < -0.39 is 0 Å². The highest BCUT2D eigenvalue weighted by atomic mass is 79.9. The van der Waals surface area contributed by atoms with Gasteiger partial charge in [-0.1, -0.05) is 40.2 Å². The molecule has 3 nitrogen and oxygen atoms in total. The Hall–Kier alpha value is -1.65. The topological polar surface area (TPSA) is 38.0 Å². The fourth-order valence-corrected chi connectivity index (χ4v) is 2.53. The van der Waals surface area contributed by atoms with Crippen molar-refractivity contribution in [3.05, 3.63) is 59.1 Å². The maximum atomic E-state index is 9.07. The van der Waals surface area contributed by atoms with E-state index in [1.54, 1.807) is 6.33 Å². The molecule has 0 aliphatic carbocycles. The number of rotatable bonds is 2. The number of fused-ring (bicyclic) bond motifs is 1. The SMILES string of the molecule is OCc1cn(-c2ccc(Br)c3ccccc23)cn1. The molecule has 0 aliphatic rings. The van der Waals surface area contributed by atoms with Gasteiger partial charge in [0.1, 0.15) is 0 Å².